The van der Waals surface area contributed by atoms with E-state index in [1.165, 1.54) is 0 Å². The molecule has 0 atom stereocenters. The lowest BCUT2D eigenvalue weighted by Crippen LogP contribution is -2.15. The van der Waals surface area contributed by atoms with Crippen molar-refractivity contribution in [2.75, 3.05) is 0 Å². The van der Waals surface area contributed by atoms with Gasteiger partial charge in [-0.05, 0) is 20.8 Å². The highest BCUT2D eigenvalue weighted by Gasteiger charge is 2.18. The summed E-state index contributed by atoms with van der Waals surface area (Å²) in [6.07, 6.45) is 3.59. The van der Waals surface area contributed by atoms with E-state index >= 15 is 0 Å². The lowest BCUT2D eigenvalue weighted by molar-refractivity contribution is 0.0742. The molecule has 62 valence electrons. The second-order valence-corrected chi connectivity index (χ2v) is 3.15. The van der Waals surface area contributed by atoms with Gasteiger partial charge in [0.05, 0.1) is 12.0 Å². The van der Waals surface area contributed by atoms with Gasteiger partial charge in [0.25, 0.3) is 0 Å². The Hall–Kier alpha value is -0.830. The van der Waals surface area contributed by atoms with E-state index in [2.05, 4.69) is 4.98 Å². The average molecular weight is 154 g/mol. The molecule has 1 heterocycles. The molecule has 0 saturated carbocycles. The fourth-order valence-corrected chi connectivity index (χ4v) is 0.849. The van der Waals surface area contributed by atoms with E-state index in [1.54, 1.807) is 20.2 Å². The van der Waals surface area contributed by atoms with E-state index in [0.717, 1.165) is 12.2 Å². The van der Waals surface area contributed by atoms with Crippen molar-refractivity contribution in [3.63, 3.8) is 0 Å². The molecule has 0 aliphatic heterocycles. The van der Waals surface area contributed by atoms with Crippen molar-refractivity contribution in [1.29, 1.82) is 0 Å². The van der Waals surface area contributed by atoms with Crippen molar-refractivity contribution in [3.8, 4) is 0 Å². The minimum absolute atomic E-state index is 0.722. The molecule has 0 amide bonds. The Bertz CT molecular complexity index is 234. The summed E-state index contributed by atoms with van der Waals surface area (Å²) in [5.41, 5.74) is -0.0974. The van der Waals surface area contributed by atoms with E-state index in [9.17, 15) is 5.11 Å². The minimum Gasteiger partial charge on any atom is -0.384 e. The van der Waals surface area contributed by atoms with Crippen molar-refractivity contribution in [2.45, 2.75) is 32.9 Å². The van der Waals surface area contributed by atoms with Gasteiger partial charge in [-0.1, -0.05) is 0 Å². The highest BCUT2D eigenvalue weighted by Crippen LogP contribution is 2.16. The molecule has 0 saturated heterocycles. The Morgan fingerprint density at radius 2 is 2.27 bits per heavy atom. The maximum atomic E-state index is 9.52. The molecule has 1 rings (SSSR count). The summed E-state index contributed by atoms with van der Waals surface area (Å²) in [5, 5.41) is 9.52. The van der Waals surface area contributed by atoms with Gasteiger partial charge in [-0.25, -0.2) is 4.98 Å². The Morgan fingerprint density at radius 1 is 1.64 bits per heavy atom. The van der Waals surface area contributed by atoms with Crippen LogP contribution in [0.2, 0.25) is 0 Å². The van der Waals surface area contributed by atoms with Crippen LogP contribution in [0.5, 0.6) is 0 Å². The van der Waals surface area contributed by atoms with Crippen LogP contribution in [-0.4, -0.2) is 14.7 Å². The molecule has 3 heteroatoms. The fourth-order valence-electron chi connectivity index (χ4n) is 0.849. The van der Waals surface area contributed by atoms with Crippen LogP contribution in [0.1, 0.15) is 26.5 Å². The first-order valence-corrected chi connectivity index (χ1v) is 3.78. The van der Waals surface area contributed by atoms with Crippen LogP contribution in [0.25, 0.3) is 0 Å². The van der Waals surface area contributed by atoms with Crippen molar-refractivity contribution in [3.05, 3.63) is 18.2 Å². The van der Waals surface area contributed by atoms with Crippen molar-refractivity contribution >= 4 is 0 Å². The van der Waals surface area contributed by atoms with Gasteiger partial charge >= 0.3 is 0 Å². The summed E-state index contributed by atoms with van der Waals surface area (Å²) in [5.74, 6) is 0. The van der Waals surface area contributed by atoms with Gasteiger partial charge in [-0.3, -0.25) is 0 Å². The van der Waals surface area contributed by atoms with Gasteiger partial charge in [0.15, 0.2) is 0 Å². The quantitative estimate of drug-likeness (QED) is 0.693. The van der Waals surface area contributed by atoms with Crippen molar-refractivity contribution < 1.29 is 5.11 Å². The predicted octanol–water partition coefficient (Wildman–Crippen LogP) is 1.13. The van der Waals surface area contributed by atoms with E-state index in [4.69, 9.17) is 0 Å². The van der Waals surface area contributed by atoms with Gasteiger partial charge in [0.1, 0.15) is 5.60 Å². The lowest BCUT2D eigenvalue weighted by Gasteiger charge is -2.12. The van der Waals surface area contributed by atoms with Crippen molar-refractivity contribution in [1.82, 2.24) is 9.55 Å². The summed E-state index contributed by atoms with van der Waals surface area (Å²) >= 11 is 0. The first kappa shape index (κ1) is 8.27. The molecule has 0 spiro atoms. The standard InChI is InChI=1S/C8H14N2O/c1-4-10-5-7(9-6-10)8(2,3)11/h5-6,11H,4H2,1-3H3. The smallest absolute Gasteiger partial charge is 0.102 e. The van der Waals surface area contributed by atoms with Gasteiger partial charge < -0.3 is 9.67 Å². The van der Waals surface area contributed by atoms with Crippen LogP contribution in [0.3, 0.4) is 0 Å². The first-order valence-electron chi connectivity index (χ1n) is 3.78. The van der Waals surface area contributed by atoms with Gasteiger partial charge in [-0.2, -0.15) is 0 Å². The largest absolute Gasteiger partial charge is 0.384 e. The molecule has 0 fully saturated rings. The molecule has 0 aliphatic carbocycles. The number of aliphatic hydroxyl groups is 1. The van der Waals surface area contributed by atoms with Crippen molar-refractivity contribution in [2.24, 2.45) is 0 Å². The zero-order valence-corrected chi connectivity index (χ0v) is 7.20. The number of aryl methyl sites for hydroxylation is 1. The molecule has 1 N–H and O–H groups in total. The second kappa shape index (κ2) is 2.66. The topological polar surface area (TPSA) is 38.0 Å². The summed E-state index contributed by atoms with van der Waals surface area (Å²) in [6, 6.07) is 0. The third-order valence-corrected chi connectivity index (χ3v) is 1.63. The number of rotatable bonds is 2. The molecule has 3 nitrogen and oxygen atoms in total. The maximum absolute atomic E-state index is 9.52. The predicted molar refractivity (Wildman–Crippen MR) is 43.1 cm³/mol. The minimum atomic E-state index is -0.819. The van der Waals surface area contributed by atoms with Gasteiger partial charge in [-0.15, -0.1) is 0 Å². The Morgan fingerprint density at radius 3 is 2.55 bits per heavy atom. The number of aromatic nitrogens is 2. The van der Waals surface area contributed by atoms with Crippen LogP contribution in [0.4, 0.5) is 0 Å². The number of hydrogen-bond donors (Lipinski definition) is 1. The molecule has 0 aliphatic rings. The fraction of sp³-hybridized carbons (Fsp3) is 0.625. The maximum Gasteiger partial charge on any atom is 0.102 e. The number of hydrogen-bond acceptors (Lipinski definition) is 2. The molecular formula is C8H14N2O. The summed E-state index contributed by atoms with van der Waals surface area (Å²) in [4.78, 5) is 4.07. The van der Waals surface area contributed by atoms with Crippen LogP contribution >= 0.6 is 0 Å². The van der Waals surface area contributed by atoms with E-state index < -0.39 is 5.60 Å². The molecule has 0 radical (unpaired) electrons. The molecule has 0 unspecified atom stereocenters. The lowest BCUT2D eigenvalue weighted by atomic mass is 10.1. The van der Waals surface area contributed by atoms with Gasteiger partial charge in [0, 0.05) is 12.7 Å². The Labute approximate surface area is 66.7 Å². The average Bonchev–Trinajstić information content (AvgIpc) is 2.32. The number of nitrogens with zero attached hydrogens (tertiary/aromatic N) is 2. The molecule has 0 bridgehead atoms. The van der Waals surface area contributed by atoms with E-state index in [1.807, 2.05) is 17.7 Å². The Kier molecular flexibility index (Phi) is 2.00. The highest BCUT2D eigenvalue weighted by molar-refractivity contribution is 5.05. The van der Waals surface area contributed by atoms with Gasteiger partial charge in [0.2, 0.25) is 0 Å². The molecule has 1 aromatic rings. The van der Waals surface area contributed by atoms with E-state index in [0.29, 0.717) is 0 Å². The monoisotopic (exact) mass is 154 g/mol. The molecule has 0 aromatic carbocycles. The zero-order chi connectivity index (χ0) is 8.48. The Balaban J connectivity index is 2.89. The normalized spacial score (nSPS) is 12.0. The summed E-state index contributed by atoms with van der Waals surface area (Å²) < 4.78 is 1.94. The molecule has 11 heavy (non-hydrogen) atoms. The van der Waals surface area contributed by atoms with Crippen LogP contribution in [0.15, 0.2) is 12.5 Å². The van der Waals surface area contributed by atoms with Crippen LogP contribution in [0, 0.1) is 0 Å². The van der Waals surface area contributed by atoms with E-state index in [-0.39, 0.29) is 0 Å². The van der Waals surface area contributed by atoms with Crippen LogP contribution < -0.4 is 0 Å². The summed E-state index contributed by atoms with van der Waals surface area (Å²) in [6.45, 7) is 6.39. The zero-order valence-electron chi connectivity index (χ0n) is 7.20. The first-order chi connectivity index (χ1) is 5.04. The SMILES string of the molecule is CCn1cnc(C(C)(C)O)c1. The third kappa shape index (κ3) is 1.80. The third-order valence-electron chi connectivity index (χ3n) is 1.63. The molecule has 1 aromatic heterocycles. The number of imidazole rings is 1. The van der Waals surface area contributed by atoms with Crippen LogP contribution in [-0.2, 0) is 12.1 Å². The second-order valence-electron chi connectivity index (χ2n) is 3.15. The highest BCUT2D eigenvalue weighted by atomic mass is 16.3. The molecular weight excluding hydrogens is 140 g/mol. The summed E-state index contributed by atoms with van der Waals surface area (Å²) in [7, 11) is 0.